The molecule has 0 saturated heterocycles. The molecule has 0 N–H and O–H groups in total. The zero-order chi connectivity index (χ0) is 9.42. The van der Waals surface area contributed by atoms with Crippen LogP contribution in [0.1, 0.15) is 10.4 Å². The molecule has 2 rings (SSSR count). The summed E-state index contributed by atoms with van der Waals surface area (Å²) in [5.74, 6) is 0. The Balaban J connectivity index is 2.91. The van der Waals surface area contributed by atoms with Crippen molar-refractivity contribution >= 4 is 33.1 Å². The molecule has 0 saturated carbocycles. The van der Waals surface area contributed by atoms with Gasteiger partial charge in [-0.3, -0.25) is 9.48 Å². The van der Waals surface area contributed by atoms with Crippen molar-refractivity contribution in [2.75, 3.05) is 0 Å². The SMILES string of the molecule is Cn1cc2c(Br)ccc(C=O)c2n1. The Labute approximate surface area is 83.5 Å². The molecular weight excluding hydrogens is 232 g/mol. The van der Waals surface area contributed by atoms with Crippen LogP contribution in [0.3, 0.4) is 0 Å². The lowest BCUT2D eigenvalue weighted by molar-refractivity contribution is 0.112. The van der Waals surface area contributed by atoms with Gasteiger partial charge < -0.3 is 0 Å². The molecule has 1 aromatic carbocycles. The van der Waals surface area contributed by atoms with Gasteiger partial charge in [0.25, 0.3) is 0 Å². The molecule has 0 radical (unpaired) electrons. The van der Waals surface area contributed by atoms with Crippen molar-refractivity contribution in [2.24, 2.45) is 7.05 Å². The normalized spacial score (nSPS) is 10.6. The molecule has 1 heterocycles. The van der Waals surface area contributed by atoms with Crippen molar-refractivity contribution in [1.82, 2.24) is 9.78 Å². The summed E-state index contributed by atoms with van der Waals surface area (Å²) in [6, 6.07) is 3.61. The van der Waals surface area contributed by atoms with Gasteiger partial charge >= 0.3 is 0 Å². The number of aromatic nitrogens is 2. The molecule has 2 aromatic rings. The highest BCUT2D eigenvalue weighted by molar-refractivity contribution is 9.10. The van der Waals surface area contributed by atoms with Crippen LogP contribution in [0.2, 0.25) is 0 Å². The van der Waals surface area contributed by atoms with E-state index in [9.17, 15) is 4.79 Å². The summed E-state index contributed by atoms with van der Waals surface area (Å²) in [6.07, 6.45) is 2.70. The van der Waals surface area contributed by atoms with Gasteiger partial charge in [-0.1, -0.05) is 15.9 Å². The van der Waals surface area contributed by atoms with Gasteiger partial charge in [-0.25, -0.2) is 0 Å². The lowest BCUT2D eigenvalue weighted by Gasteiger charge is -1.93. The summed E-state index contributed by atoms with van der Waals surface area (Å²) in [4.78, 5) is 10.7. The fourth-order valence-corrected chi connectivity index (χ4v) is 1.73. The van der Waals surface area contributed by atoms with Gasteiger partial charge in [0.1, 0.15) is 5.52 Å². The highest BCUT2D eigenvalue weighted by Gasteiger charge is 2.06. The molecule has 0 atom stereocenters. The lowest BCUT2D eigenvalue weighted by Crippen LogP contribution is -1.87. The molecule has 0 spiro atoms. The van der Waals surface area contributed by atoms with Crippen LogP contribution in [0.15, 0.2) is 22.8 Å². The van der Waals surface area contributed by atoms with E-state index in [1.165, 1.54) is 0 Å². The number of carbonyl (C=O) groups is 1. The minimum absolute atomic E-state index is 0.624. The Morgan fingerprint density at radius 3 is 3.00 bits per heavy atom. The molecule has 0 bridgehead atoms. The average molecular weight is 239 g/mol. The Bertz CT molecular complexity index is 476. The topological polar surface area (TPSA) is 34.9 Å². The second-order valence-electron chi connectivity index (χ2n) is 2.82. The van der Waals surface area contributed by atoms with Crippen LogP contribution in [0, 0.1) is 0 Å². The molecule has 4 heteroatoms. The summed E-state index contributed by atoms with van der Waals surface area (Å²) in [7, 11) is 1.83. The van der Waals surface area contributed by atoms with Crippen LogP contribution >= 0.6 is 15.9 Å². The van der Waals surface area contributed by atoms with E-state index >= 15 is 0 Å². The van der Waals surface area contributed by atoms with E-state index < -0.39 is 0 Å². The largest absolute Gasteiger partial charge is 0.298 e. The Morgan fingerprint density at radius 1 is 1.54 bits per heavy atom. The lowest BCUT2D eigenvalue weighted by atomic mass is 10.2. The number of benzene rings is 1. The van der Waals surface area contributed by atoms with Gasteiger partial charge in [0.15, 0.2) is 6.29 Å². The van der Waals surface area contributed by atoms with E-state index in [1.807, 2.05) is 19.3 Å². The molecule has 0 amide bonds. The van der Waals surface area contributed by atoms with Crippen LogP contribution in [-0.4, -0.2) is 16.1 Å². The predicted molar refractivity (Wildman–Crippen MR) is 53.8 cm³/mol. The van der Waals surface area contributed by atoms with Crippen molar-refractivity contribution in [1.29, 1.82) is 0 Å². The molecule has 0 aliphatic heterocycles. The maximum atomic E-state index is 10.7. The van der Waals surface area contributed by atoms with Crippen molar-refractivity contribution in [3.05, 3.63) is 28.4 Å². The maximum absolute atomic E-state index is 10.7. The molecular formula is C9H7BrN2O. The van der Waals surface area contributed by atoms with Crippen LogP contribution in [-0.2, 0) is 7.05 Å². The standard InChI is InChI=1S/C9H7BrN2O/c1-12-4-7-8(10)3-2-6(5-13)9(7)11-12/h2-5H,1H3. The summed E-state index contributed by atoms with van der Waals surface area (Å²) in [5.41, 5.74) is 1.37. The van der Waals surface area contributed by atoms with Gasteiger partial charge in [-0.05, 0) is 12.1 Å². The number of hydrogen-bond acceptors (Lipinski definition) is 2. The number of aldehydes is 1. The molecule has 1 aromatic heterocycles. The molecule has 13 heavy (non-hydrogen) atoms. The van der Waals surface area contributed by atoms with Gasteiger partial charge in [0.05, 0.1) is 0 Å². The average Bonchev–Trinajstić information content (AvgIpc) is 2.48. The first kappa shape index (κ1) is 8.44. The monoisotopic (exact) mass is 238 g/mol. The molecule has 0 fully saturated rings. The highest BCUT2D eigenvalue weighted by atomic mass is 79.9. The fourth-order valence-electron chi connectivity index (χ4n) is 1.30. The third-order valence-electron chi connectivity index (χ3n) is 1.90. The molecule has 0 unspecified atom stereocenters. The smallest absolute Gasteiger partial charge is 0.152 e. The van der Waals surface area contributed by atoms with Crippen LogP contribution in [0.25, 0.3) is 10.9 Å². The maximum Gasteiger partial charge on any atom is 0.152 e. The first-order chi connectivity index (χ1) is 6.22. The molecule has 66 valence electrons. The zero-order valence-corrected chi connectivity index (χ0v) is 8.58. The predicted octanol–water partition coefficient (Wildman–Crippen LogP) is 2.15. The summed E-state index contributed by atoms with van der Waals surface area (Å²) < 4.78 is 2.66. The molecule has 0 aliphatic carbocycles. The molecule has 3 nitrogen and oxygen atoms in total. The zero-order valence-electron chi connectivity index (χ0n) is 6.99. The number of carbonyl (C=O) groups excluding carboxylic acids is 1. The number of nitrogens with zero attached hydrogens (tertiary/aromatic N) is 2. The Hall–Kier alpha value is -1.16. The minimum Gasteiger partial charge on any atom is -0.298 e. The van der Waals surface area contributed by atoms with Crippen LogP contribution < -0.4 is 0 Å². The minimum atomic E-state index is 0.624. The van der Waals surface area contributed by atoms with E-state index in [-0.39, 0.29) is 0 Å². The third kappa shape index (κ3) is 1.27. The molecule has 0 aliphatic rings. The summed E-state index contributed by atoms with van der Waals surface area (Å²) >= 11 is 3.40. The highest BCUT2D eigenvalue weighted by Crippen LogP contribution is 2.24. The van der Waals surface area contributed by atoms with Crippen molar-refractivity contribution in [3.63, 3.8) is 0 Å². The van der Waals surface area contributed by atoms with Crippen molar-refractivity contribution < 1.29 is 4.79 Å². The second-order valence-corrected chi connectivity index (χ2v) is 3.67. The van der Waals surface area contributed by atoms with E-state index in [0.29, 0.717) is 5.56 Å². The number of rotatable bonds is 1. The van der Waals surface area contributed by atoms with Crippen LogP contribution in [0.5, 0.6) is 0 Å². The fraction of sp³-hybridized carbons (Fsp3) is 0.111. The number of fused-ring (bicyclic) bond motifs is 1. The van der Waals surface area contributed by atoms with Gasteiger partial charge in [-0.15, -0.1) is 0 Å². The van der Waals surface area contributed by atoms with E-state index in [0.717, 1.165) is 21.7 Å². The van der Waals surface area contributed by atoms with E-state index in [2.05, 4.69) is 21.0 Å². The van der Waals surface area contributed by atoms with E-state index in [4.69, 9.17) is 0 Å². The number of hydrogen-bond donors (Lipinski definition) is 0. The van der Waals surface area contributed by atoms with Gasteiger partial charge in [0, 0.05) is 28.7 Å². The van der Waals surface area contributed by atoms with Gasteiger partial charge in [-0.2, -0.15) is 5.10 Å². The quantitative estimate of drug-likeness (QED) is 0.714. The summed E-state index contributed by atoms with van der Waals surface area (Å²) in [6.45, 7) is 0. The second kappa shape index (κ2) is 2.96. The first-order valence-corrected chi connectivity index (χ1v) is 4.58. The Morgan fingerprint density at radius 2 is 2.31 bits per heavy atom. The van der Waals surface area contributed by atoms with Crippen molar-refractivity contribution in [3.8, 4) is 0 Å². The Kier molecular flexibility index (Phi) is 1.92. The third-order valence-corrected chi connectivity index (χ3v) is 2.59. The van der Waals surface area contributed by atoms with E-state index in [1.54, 1.807) is 10.7 Å². The first-order valence-electron chi connectivity index (χ1n) is 3.79. The number of halogens is 1. The van der Waals surface area contributed by atoms with Gasteiger partial charge in [0.2, 0.25) is 0 Å². The summed E-state index contributed by atoms with van der Waals surface area (Å²) in [5, 5.41) is 5.17. The number of aryl methyl sites for hydroxylation is 1. The van der Waals surface area contributed by atoms with Crippen LogP contribution in [0.4, 0.5) is 0 Å². The van der Waals surface area contributed by atoms with Crippen molar-refractivity contribution in [2.45, 2.75) is 0 Å².